The van der Waals surface area contributed by atoms with Crippen LogP contribution in [-0.2, 0) is 6.54 Å². The maximum absolute atomic E-state index is 13.0. The molecular weight excluding hydrogens is 291 g/mol. The van der Waals surface area contributed by atoms with E-state index in [1.54, 1.807) is 12.4 Å². The predicted octanol–water partition coefficient (Wildman–Crippen LogP) is 3.48. The first-order valence-electron chi connectivity index (χ1n) is 8.04. The molecule has 0 spiro atoms. The van der Waals surface area contributed by atoms with Gasteiger partial charge in [-0.1, -0.05) is 12.1 Å². The molecule has 1 aromatic carbocycles. The lowest BCUT2D eigenvalue weighted by molar-refractivity contribution is 0.203. The fraction of sp³-hybridized carbons (Fsp3) is 0.333. The summed E-state index contributed by atoms with van der Waals surface area (Å²) < 4.78 is 13.0. The van der Waals surface area contributed by atoms with E-state index in [0.29, 0.717) is 5.92 Å². The Morgan fingerprint density at radius 1 is 1.09 bits per heavy atom. The SMILES string of the molecule is Fc1ccc(CN2CCC(c3cc4nccnc4[nH]3)CC2)cc1. The van der Waals surface area contributed by atoms with Crippen LogP contribution in [0.15, 0.2) is 42.7 Å². The Labute approximate surface area is 134 Å². The molecule has 0 radical (unpaired) electrons. The molecule has 4 rings (SSSR count). The Bertz CT molecular complexity index is 755. The molecule has 0 saturated carbocycles. The highest BCUT2D eigenvalue weighted by Gasteiger charge is 2.22. The second kappa shape index (κ2) is 6.08. The number of halogens is 1. The number of nitrogens with one attached hydrogen (secondary N) is 1. The molecule has 3 aromatic rings. The lowest BCUT2D eigenvalue weighted by atomic mass is 9.93. The van der Waals surface area contributed by atoms with Gasteiger partial charge in [-0.2, -0.15) is 0 Å². The highest BCUT2D eigenvalue weighted by atomic mass is 19.1. The first kappa shape index (κ1) is 14.3. The fourth-order valence-corrected chi connectivity index (χ4v) is 3.34. The van der Waals surface area contributed by atoms with Gasteiger partial charge in [-0.3, -0.25) is 9.88 Å². The lowest BCUT2D eigenvalue weighted by Gasteiger charge is -2.31. The molecular formula is C18H19FN4. The van der Waals surface area contributed by atoms with Gasteiger partial charge in [0.1, 0.15) is 11.3 Å². The summed E-state index contributed by atoms with van der Waals surface area (Å²) in [6.45, 7) is 3.00. The van der Waals surface area contributed by atoms with Crippen LogP contribution < -0.4 is 0 Å². The number of piperidine rings is 1. The van der Waals surface area contributed by atoms with Crippen LogP contribution >= 0.6 is 0 Å². The molecule has 1 aliphatic heterocycles. The maximum atomic E-state index is 13.0. The third kappa shape index (κ3) is 3.10. The van der Waals surface area contributed by atoms with Gasteiger partial charge >= 0.3 is 0 Å². The molecule has 0 atom stereocenters. The summed E-state index contributed by atoms with van der Waals surface area (Å²) in [6, 6.07) is 8.94. The molecule has 0 amide bonds. The number of fused-ring (bicyclic) bond motifs is 1. The van der Waals surface area contributed by atoms with Crippen LogP contribution in [0.3, 0.4) is 0 Å². The summed E-state index contributed by atoms with van der Waals surface area (Å²) in [7, 11) is 0. The second-order valence-corrected chi connectivity index (χ2v) is 6.19. The molecule has 2 aromatic heterocycles. The maximum Gasteiger partial charge on any atom is 0.156 e. The van der Waals surface area contributed by atoms with E-state index in [0.717, 1.165) is 43.6 Å². The van der Waals surface area contributed by atoms with Crippen LogP contribution in [0.4, 0.5) is 4.39 Å². The van der Waals surface area contributed by atoms with Gasteiger partial charge in [-0.25, -0.2) is 9.37 Å². The first-order chi connectivity index (χ1) is 11.3. The quantitative estimate of drug-likeness (QED) is 0.805. The average Bonchev–Trinajstić information content (AvgIpc) is 3.02. The largest absolute Gasteiger partial charge is 0.342 e. The number of hydrogen-bond donors (Lipinski definition) is 1. The first-order valence-corrected chi connectivity index (χ1v) is 8.04. The number of nitrogens with zero attached hydrogens (tertiary/aromatic N) is 3. The number of H-pyrrole nitrogens is 1. The third-order valence-electron chi connectivity index (χ3n) is 4.63. The van der Waals surface area contributed by atoms with Crippen molar-refractivity contribution in [3.63, 3.8) is 0 Å². The highest BCUT2D eigenvalue weighted by Crippen LogP contribution is 2.29. The van der Waals surface area contributed by atoms with E-state index >= 15 is 0 Å². The Hall–Kier alpha value is -2.27. The summed E-state index contributed by atoms with van der Waals surface area (Å²) >= 11 is 0. The van der Waals surface area contributed by atoms with Gasteiger partial charge in [-0.15, -0.1) is 0 Å². The van der Waals surface area contributed by atoms with Crippen molar-refractivity contribution in [1.82, 2.24) is 19.9 Å². The zero-order valence-electron chi connectivity index (χ0n) is 12.9. The van der Waals surface area contributed by atoms with E-state index in [1.165, 1.54) is 23.4 Å². The van der Waals surface area contributed by atoms with Gasteiger partial charge < -0.3 is 4.98 Å². The Balaban J connectivity index is 1.39. The second-order valence-electron chi connectivity index (χ2n) is 6.19. The molecule has 1 fully saturated rings. The van der Waals surface area contributed by atoms with Crippen LogP contribution in [-0.4, -0.2) is 32.9 Å². The van der Waals surface area contributed by atoms with Crippen molar-refractivity contribution in [2.24, 2.45) is 0 Å². The van der Waals surface area contributed by atoms with Crippen LogP contribution in [0.2, 0.25) is 0 Å². The van der Waals surface area contributed by atoms with Crippen molar-refractivity contribution in [2.75, 3.05) is 13.1 Å². The van der Waals surface area contributed by atoms with Gasteiger partial charge in [0, 0.05) is 30.6 Å². The molecule has 0 unspecified atom stereocenters. The van der Waals surface area contributed by atoms with Crippen LogP contribution in [0.25, 0.3) is 11.2 Å². The summed E-state index contributed by atoms with van der Waals surface area (Å²) in [5.41, 5.74) is 4.23. The van der Waals surface area contributed by atoms with Crippen molar-refractivity contribution >= 4 is 11.2 Å². The number of rotatable bonds is 3. The van der Waals surface area contributed by atoms with Gasteiger partial charge in [0.25, 0.3) is 0 Å². The van der Waals surface area contributed by atoms with Crippen molar-refractivity contribution in [1.29, 1.82) is 0 Å². The van der Waals surface area contributed by atoms with Crippen LogP contribution in [0.1, 0.15) is 30.0 Å². The van der Waals surface area contributed by atoms with Crippen molar-refractivity contribution in [3.05, 3.63) is 59.8 Å². The van der Waals surface area contributed by atoms with Crippen molar-refractivity contribution < 1.29 is 4.39 Å². The lowest BCUT2D eigenvalue weighted by Crippen LogP contribution is -2.32. The summed E-state index contributed by atoms with van der Waals surface area (Å²) in [5, 5.41) is 0. The van der Waals surface area contributed by atoms with Crippen LogP contribution in [0, 0.1) is 5.82 Å². The standard InChI is InChI=1S/C18H19FN4/c19-15-3-1-13(2-4-15)12-23-9-5-14(6-10-23)16-11-17-18(22-16)21-8-7-20-17/h1-4,7-8,11,14H,5-6,9-10,12H2,(H,21,22). The Morgan fingerprint density at radius 2 is 1.83 bits per heavy atom. The predicted molar refractivity (Wildman–Crippen MR) is 87.5 cm³/mol. The number of aromatic nitrogens is 3. The molecule has 23 heavy (non-hydrogen) atoms. The minimum absolute atomic E-state index is 0.173. The van der Waals surface area contributed by atoms with E-state index in [1.807, 2.05) is 12.1 Å². The van der Waals surface area contributed by atoms with E-state index in [-0.39, 0.29) is 5.82 Å². The molecule has 1 aliphatic rings. The normalized spacial score (nSPS) is 16.9. The van der Waals surface area contributed by atoms with Crippen LogP contribution in [0.5, 0.6) is 0 Å². The zero-order chi connectivity index (χ0) is 15.6. The van der Waals surface area contributed by atoms with E-state index in [2.05, 4.69) is 25.9 Å². The van der Waals surface area contributed by atoms with E-state index in [9.17, 15) is 4.39 Å². The molecule has 0 aliphatic carbocycles. The molecule has 118 valence electrons. The zero-order valence-corrected chi connectivity index (χ0v) is 12.9. The number of hydrogen-bond acceptors (Lipinski definition) is 3. The molecule has 3 heterocycles. The summed E-state index contributed by atoms with van der Waals surface area (Å²) in [6.07, 6.45) is 5.68. The topological polar surface area (TPSA) is 44.8 Å². The molecule has 4 nitrogen and oxygen atoms in total. The van der Waals surface area contributed by atoms with E-state index in [4.69, 9.17) is 0 Å². The van der Waals surface area contributed by atoms with Gasteiger partial charge in [0.15, 0.2) is 5.65 Å². The van der Waals surface area contributed by atoms with Gasteiger partial charge in [0.05, 0.1) is 0 Å². The minimum Gasteiger partial charge on any atom is -0.342 e. The van der Waals surface area contributed by atoms with Gasteiger partial charge in [-0.05, 0) is 49.7 Å². The molecule has 0 bridgehead atoms. The van der Waals surface area contributed by atoms with Crippen molar-refractivity contribution in [2.45, 2.75) is 25.3 Å². The molecule has 1 saturated heterocycles. The number of aromatic amines is 1. The fourth-order valence-electron chi connectivity index (χ4n) is 3.34. The minimum atomic E-state index is -0.173. The van der Waals surface area contributed by atoms with E-state index < -0.39 is 0 Å². The Kier molecular flexibility index (Phi) is 3.79. The monoisotopic (exact) mass is 310 g/mol. The number of likely N-dealkylation sites (tertiary alicyclic amines) is 1. The van der Waals surface area contributed by atoms with Crippen molar-refractivity contribution in [3.8, 4) is 0 Å². The molecule has 1 N–H and O–H groups in total. The van der Waals surface area contributed by atoms with Gasteiger partial charge in [0.2, 0.25) is 0 Å². The molecule has 5 heteroatoms. The highest BCUT2D eigenvalue weighted by molar-refractivity contribution is 5.71. The summed E-state index contributed by atoms with van der Waals surface area (Å²) in [4.78, 5) is 14.5. The Morgan fingerprint density at radius 3 is 2.57 bits per heavy atom. The summed E-state index contributed by atoms with van der Waals surface area (Å²) in [5.74, 6) is 0.365. The smallest absolute Gasteiger partial charge is 0.156 e. The third-order valence-corrected chi connectivity index (χ3v) is 4.63. The number of benzene rings is 1. The average molecular weight is 310 g/mol.